The van der Waals surface area contributed by atoms with Crippen molar-refractivity contribution in [2.45, 2.75) is 42.9 Å². The molecule has 1 aromatic heterocycles. The number of amides is 2. The summed E-state index contributed by atoms with van der Waals surface area (Å²) in [4.78, 5) is 30.9. The van der Waals surface area contributed by atoms with Gasteiger partial charge in [-0.2, -0.15) is 5.26 Å². The monoisotopic (exact) mass is 365 g/mol. The van der Waals surface area contributed by atoms with E-state index >= 15 is 0 Å². The van der Waals surface area contributed by atoms with Gasteiger partial charge < -0.3 is 0 Å². The summed E-state index contributed by atoms with van der Waals surface area (Å²) >= 11 is 1.21. The van der Waals surface area contributed by atoms with Gasteiger partial charge in [0, 0.05) is 12.1 Å². The molecule has 1 aliphatic rings. The van der Waals surface area contributed by atoms with E-state index in [4.69, 9.17) is 0 Å². The van der Waals surface area contributed by atoms with Crippen LogP contribution in [0, 0.1) is 11.3 Å². The van der Waals surface area contributed by atoms with Crippen molar-refractivity contribution < 1.29 is 9.59 Å². The van der Waals surface area contributed by atoms with Crippen molar-refractivity contribution in [1.82, 2.24) is 4.98 Å². The van der Waals surface area contributed by atoms with Crippen LogP contribution in [-0.4, -0.2) is 22.0 Å². The number of rotatable bonds is 6. The molecule has 1 aromatic carbocycles. The molecule has 2 amide bonds. The summed E-state index contributed by atoms with van der Waals surface area (Å²) in [5, 5.41) is 9.32. The number of aromatic nitrogens is 1. The Bertz CT molecular complexity index is 861. The van der Waals surface area contributed by atoms with Gasteiger partial charge in [0.15, 0.2) is 0 Å². The molecule has 1 atom stereocenters. The molecule has 132 valence electrons. The molecule has 0 saturated carbocycles. The van der Waals surface area contributed by atoms with Gasteiger partial charge in [-0.25, -0.2) is 9.88 Å². The SMILES string of the molecule is CCCCc1ccc(C#N)c(SC2CC(=O)N(c3ccccc3)C2=O)n1. The highest BCUT2D eigenvalue weighted by molar-refractivity contribution is 8.00. The Labute approximate surface area is 157 Å². The minimum atomic E-state index is -0.552. The van der Waals surface area contributed by atoms with Crippen molar-refractivity contribution >= 4 is 29.3 Å². The zero-order valence-corrected chi connectivity index (χ0v) is 15.3. The number of anilines is 1. The van der Waals surface area contributed by atoms with E-state index in [2.05, 4.69) is 18.0 Å². The summed E-state index contributed by atoms with van der Waals surface area (Å²) in [5.41, 5.74) is 1.93. The van der Waals surface area contributed by atoms with Gasteiger partial charge in [-0.05, 0) is 37.1 Å². The molecule has 0 radical (unpaired) electrons. The van der Waals surface area contributed by atoms with Gasteiger partial charge in [0.05, 0.1) is 16.5 Å². The van der Waals surface area contributed by atoms with Crippen LogP contribution >= 0.6 is 11.8 Å². The first-order valence-corrected chi connectivity index (χ1v) is 9.50. The van der Waals surface area contributed by atoms with Gasteiger partial charge in [0.2, 0.25) is 11.8 Å². The standard InChI is InChI=1S/C20H19N3O2S/c1-2-3-7-15-11-10-14(13-21)19(22-15)26-17-12-18(24)23(20(17)25)16-8-5-4-6-9-16/h4-6,8-11,17H,2-3,7,12H2,1H3. The maximum absolute atomic E-state index is 12.8. The van der Waals surface area contributed by atoms with E-state index in [1.807, 2.05) is 12.1 Å². The number of para-hydroxylation sites is 1. The highest BCUT2D eigenvalue weighted by Crippen LogP contribution is 2.34. The maximum Gasteiger partial charge on any atom is 0.247 e. The van der Waals surface area contributed by atoms with Gasteiger partial charge >= 0.3 is 0 Å². The number of carbonyl (C=O) groups excluding carboxylic acids is 2. The second kappa shape index (κ2) is 8.15. The van der Waals surface area contributed by atoms with Gasteiger partial charge in [-0.3, -0.25) is 9.59 Å². The van der Waals surface area contributed by atoms with Gasteiger partial charge in [-0.1, -0.05) is 43.3 Å². The smallest absolute Gasteiger partial charge is 0.247 e. The number of hydrogen-bond donors (Lipinski definition) is 0. The Hall–Kier alpha value is -2.65. The molecule has 6 heteroatoms. The van der Waals surface area contributed by atoms with E-state index in [9.17, 15) is 14.9 Å². The van der Waals surface area contributed by atoms with Crippen LogP contribution in [0.1, 0.15) is 37.4 Å². The number of imide groups is 1. The zero-order chi connectivity index (χ0) is 18.5. The molecule has 26 heavy (non-hydrogen) atoms. The number of aryl methyl sites for hydroxylation is 1. The van der Waals surface area contributed by atoms with Crippen molar-refractivity contribution in [3.63, 3.8) is 0 Å². The number of nitrogens with zero attached hydrogens (tertiary/aromatic N) is 3. The Balaban J connectivity index is 1.82. The van der Waals surface area contributed by atoms with E-state index in [1.165, 1.54) is 16.7 Å². The number of hydrogen-bond acceptors (Lipinski definition) is 5. The summed E-state index contributed by atoms with van der Waals surface area (Å²) in [6.07, 6.45) is 3.03. The molecule has 1 fully saturated rings. The van der Waals surface area contributed by atoms with Crippen LogP contribution in [0.5, 0.6) is 0 Å². The number of benzene rings is 1. The lowest BCUT2D eigenvalue weighted by Gasteiger charge is -2.15. The Kier molecular flexibility index (Phi) is 5.69. The number of pyridine rings is 1. The summed E-state index contributed by atoms with van der Waals surface area (Å²) in [6.45, 7) is 2.11. The van der Waals surface area contributed by atoms with Gasteiger partial charge in [-0.15, -0.1) is 0 Å². The molecule has 1 aliphatic heterocycles. The quantitative estimate of drug-likeness (QED) is 0.730. The van der Waals surface area contributed by atoms with Crippen LogP contribution in [0.25, 0.3) is 0 Å². The van der Waals surface area contributed by atoms with E-state index in [0.29, 0.717) is 16.3 Å². The first-order valence-electron chi connectivity index (χ1n) is 8.62. The van der Waals surface area contributed by atoms with Crippen molar-refractivity contribution in [2.75, 3.05) is 4.90 Å². The molecular formula is C20H19N3O2S. The van der Waals surface area contributed by atoms with Crippen LogP contribution in [0.4, 0.5) is 5.69 Å². The summed E-state index contributed by atoms with van der Waals surface area (Å²) < 4.78 is 0. The lowest BCUT2D eigenvalue weighted by Crippen LogP contribution is -2.31. The fourth-order valence-corrected chi connectivity index (χ4v) is 3.94. The molecule has 2 heterocycles. The maximum atomic E-state index is 12.8. The highest BCUT2D eigenvalue weighted by atomic mass is 32.2. The normalized spacial score (nSPS) is 16.8. The van der Waals surface area contributed by atoms with Crippen molar-refractivity contribution in [3.8, 4) is 6.07 Å². The predicted molar refractivity (Wildman–Crippen MR) is 101 cm³/mol. The summed E-state index contributed by atoms with van der Waals surface area (Å²) in [6, 6.07) is 14.6. The first-order chi connectivity index (χ1) is 12.6. The fraction of sp³-hybridized carbons (Fsp3) is 0.300. The second-order valence-electron chi connectivity index (χ2n) is 6.08. The third-order valence-corrected chi connectivity index (χ3v) is 5.39. The van der Waals surface area contributed by atoms with Crippen molar-refractivity contribution in [1.29, 1.82) is 5.26 Å². The molecule has 0 spiro atoms. The Morgan fingerprint density at radius 3 is 2.69 bits per heavy atom. The molecule has 0 bridgehead atoms. The van der Waals surface area contributed by atoms with Crippen LogP contribution < -0.4 is 4.90 Å². The number of carbonyl (C=O) groups is 2. The van der Waals surface area contributed by atoms with Crippen molar-refractivity contribution in [3.05, 3.63) is 53.7 Å². The van der Waals surface area contributed by atoms with Crippen LogP contribution in [-0.2, 0) is 16.0 Å². The van der Waals surface area contributed by atoms with Crippen LogP contribution in [0.3, 0.4) is 0 Å². The van der Waals surface area contributed by atoms with E-state index in [1.54, 1.807) is 30.3 Å². The number of unbranched alkanes of at least 4 members (excludes halogenated alkanes) is 1. The molecular weight excluding hydrogens is 346 g/mol. The number of thioether (sulfide) groups is 1. The average molecular weight is 365 g/mol. The molecule has 1 saturated heterocycles. The van der Waals surface area contributed by atoms with Crippen molar-refractivity contribution in [2.24, 2.45) is 0 Å². The minimum Gasteiger partial charge on any atom is -0.274 e. The Morgan fingerprint density at radius 1 is 1.23 bits per heavy atom. The van der Waals surface area contributed by atoms with Gasteiger partial charge in [0.1, 0.15) is 11.1 Å². The third kappa shape index (κ3) is 3.78. The largest absolute Gasteiger partial charge is 0.274 e. The topological polar surface area (TPSA) is 74.1 Å². The van der Waals surface area contributed by atoms with E-state index < -0.39 is 5.25 Å². The molecule has 3 rings (SSSR count). The molecule has 0 aliphatic carbocycles. The Morgan fingerprint density at radius 2 is 2.00 bits per heavy atom. The zero-order valence-electron chi connectivity index (χ0n) is 14.5. The molecule has 1 unspecified atom stereocenters. The summed E-state index contributed by atoms with van der Waals surface area (Å²) in [7, 11) is 0. The van der Waals surface area contributed by atoms with Crippen LogP contribution in [0.15, 0.2) is 47.5 Å². The fourth-order valence-electron chi connectivity index (χ4n) is 2.83. The van der Waals surface area contributed by atoms with E-state index in [-0.39, 0.29) is 18.2 Å². The lowest BCUT2D eigenvalue weighted by atomic mass is 10.2. The van der Waals surface area contributed by atoms with E-state index in [0.717, 1.165) is 25.0 Å². The lowest BCUT2D eigenvalue weighted by molar-refractivity contribution is -0.121. The van der Waals surface area contributed by atoms with Crippen LogP contribution in [0.2, 0.25) is 0 Å². The van der Waals surface area contributed by atoms with Gasteiger partial charge in [0.25, 0.3) is 0 Å². The predicted octanol–water partition coefficient (Wildman–Crippen LogP) is 3.72. The third-order valence-electron chi connectivity index (χ3n) is 4.20. The number of nitriles is 1. The first kappa shape index (κ1) is 18.2. The highest BCUT2D eigenvalue weighted by Gasteiger charge is 2.40. The summed E-state index contributed by atoms with van der Waals surface area (Å²) in [5.74, 6) is -0.477. The second-order valence-corrected chi connectivity index (χ2v) is 7.28. The molecule has 2 aromatic rings. The molecule has 0 N–H and O–H groups in total. The molecule has 5 nitrogen and oxygen atoms in total. The average Bonchev–Trinajstić information content (AvgIpc) is 2.94. The minimum absolute atomic E-state index is 0.115.